The normalized spacial score (nSPS) is 10.6. The Balaban J connectivity index is 1.57. The van der Waals surface area contributed by atoms with E-state index in [4.69, 9.17) is 11.6 Å². The number of halogens is 1. The van der Waals surface area contributed by atoms with Gasteiger partial charge in [0.1, 0.15) is 5.69 Å². The van der Waals surface area contributed by atoms with Gasteiger partial charge in [-0.2, -0.15) is 0 Å². The molecule has 0 bridgehead atoms. The molecule has 0 unspecified atom stereocenters. The number of anilines is 3. The van der Waals surface area contributed by atoms with Crippen LogP contribution >= 0.6 is 11.6 Å². The Kier molecular flexibility index (Phi) is 4.87. The van der Waals surface area contributed by atoms with Crippen LogP contribution in [-0.4, -0.2) is 20.9 Å². The van der Waals surface area contributed by atoms with Crippen molar-refractivity contribution >= 4 is 45.7 Å². The molecule has 0 atom stereocenters. The fraction of sp³-hybridized carbons (Fsp3) is 0.0476. The van der Waals surface area contributed by atoms with Crippen molar-refractivity contribution in [3.8, 4) is 0 Å². The number of aromatic nitrogens is 3. The van der Waals surface area contributed by atoms with E-state index in [0.717, 1.165) is 22.2 Å². The smallest absolute Gasteiger partial charge is 0.274 e. The minimum absolute atomic E-state index is 0.238. The number of nitrogens with one attached hydrogen (secondary N) is 2. The lowest BCUT2D eigenvalue weighted by Gasteiger charge is -2.09. The first-order chi connectivity index (χ1) is 13.6. The zero-order valence-electron chi connectivity index (χ0n) is 15.0. The topological polar surface area (TPSA) is 79.8 Å². The summed E-state index contributed by atoms with van der Waals surface area (Å²) in [6, 6.07) is 16.5. The van der Waals surface area contributed by atoms with Crippen LogP contribution in [0.15, 0.2) is 67.0 Å². The molecule has 0 fully saturated rings. The van der Waals surface area contributed by atoms with Gasteiger partial charge in [-0.25, -0.2) is 9.97 Å². The molecule has 7 heteroatoms. The molecule has 1 amide bonds. The van der Waals surface area contributed by atoms with Crippen LogP contribution < -0.4 is 10.6 Å². The SMILES string of the molecule is Cc1ccc(NC(=O)c2ccnc(Nc3cccc4cccnc34)n2)cc1Cl. The molecule has 6 nitrogen and oxygen atoms in total. The third kappa shape index (κ3) is 3.77. The minimum Gasteiger partial charge on any atom is -0.322 e. The summed E-state index contributed by atoms with van der Waals surface area (Å²) < 4.78 is 0. The third-order valence-corrected chi connectivity index (χ3v) is 4.60. The van der Waals surface area contributed by atoms with Crippen molar-refractivity contribution in [2.45, 2.75) is 6.92 Å². The number of fused-ring (bicyclic) bond motifs is 1. The molecule has 0 aliphatic carbocycles. The summed E-state index contributed by atoms with van der Waals surface area (Å²) in [7, 11) is 0. The second-order valence-corrected chi connectivity index (χ2v) is 6.60. The van der Waals surface area contributed by atoms with E-state index in [0.29, 0.717) is 16.7 Å². The minimum atomic E-state index is -0.346. The number of hydrogen-bond donors (Lipinski definition) is 2. The van der Waals surface area contributed by atoms with Gasteiger partial charge in [0.05, 0.1) is 11.2 Å². The summed E-state index contributed by atoms with van der Waals surface area (Å²) in [6.45, 7) is 1.90. The molecule has 0 aliphatic rings. The summed E-state index contributed by atoms with van der Waals surface area (Å²) >= 11 is 6.11. The maximum atomic E-state index is 12.5. The summed E-state index contributed by atoms with van der Waals surface area (Å²) in [6.07, 6.45) is 3.26. The third-order valence-electron chi connectivity index (χ3n) is 4.20. The lowest BCUT2D eigenvalue weighted by Crippen LogP contribution is -2.14. The van der Waals surface area contributed by atoms with E-state index in [-0.39, 0.29) is 11.6 Å². The summed E-state index contributed by atoms with van der Waals surface area (Å²) in [5, 5.41) is 7.52. The Hall–Kier alpha value is -3.51. The number of para-hydroxylation sites is 1. The fourth-order valence-corrected chi connectivity index (χ4v) is 2.92. The molecule has 2 N–H and O–H groups in total. The first kappa shape index (κ1) is 17.9. The van der Waals surface area contributed by atoms with Crippen LogP contribution in [0.3, 0.4) is 0 Å². The van der Waals surface area contributed by atoms with Crippen LogP contribution in [0.5, 0.6) is 0 Å². The summed E-state index contributed by atoms with van der Waals surface area (Å²) in [5.74, 6) is -0.0332. The first-order valence-electron chi connectivity index (χ1n) is 8.61. The zero-order valence-corrected chi connectivity index (χ0v) is 15.7. The molecule has 4 aromatic rings. The Morgan fingerprint density at radius 1 is 1.00 bits per heavy atom. The van der Waals surface area contributed by atoms with Crippen molar-refractivity contribution in [2.24, 2.45) is 0 Å². The second-order valence-electron chi connectivity index (χ2n) is 6.19. The molecule has 2 aromatic carbocycles. The predicted octanol–water partition coefficient (Wildman–Crippen LogP) is 4.98. The molecule has 0 aliphatic heterocycles. The van der Waals surface area contributed by atoms with Gasteiger partial charge in [-0.15, -0.1) is 0 Å². The van der Waals surface area contributed by atoms with Gasteiger partial charge in [-0.3, -0.25) is 9.78 Å². The number of carbonyl (C=O) groups is 1. The Labute approximate surface area is 166 Å². The van der Waals surface area contributed by atoms with Crippen LogP contribution in [0, 0.1) is 6.92 Å². The maximum absolute atomic E-state index is 12.5. The number of pyridine rings is 1. The summed E-state index contributed by atoms with van der Waals surface area (Å²) in [4.78, 5) is 25.5. The van der Waals surface area contributed by atoms with E-state index in [9.17, 15) is 4.79 Å². The van der Waals surface area contributed by atoms with E-state index in [1.807, 2.05) is 43.3 Å². The highest BCUT2D eigenvalue weighted by molar-refractivity contribution is 6.31. The standard InChI is InChI=1S/C21H16ClN5O/c1-13-7-8-15(12-16(13)22)25-20(28)18-9-11-24-21(27-18)26-17-6-2-4-14-5-3-10-23-19(14)17/h2-12H,1H3,(H,25,28)(H,24,26,27). The number of aryl methyl sites for hydroxylation is 1. The van der Waals surface area contributed by atoms with Gasteiger partial charge >= 0.3 is 0 Å². The van der Waals surface area contributed by atoms with E-state index in [1.165, 1.54) is 6.20 Å². The van der Waals surface area contributed by atoms with Crippen LogP contribution in [0.4, 0.5) is 17.3 Å². The highest BCUT2D eigenvalue weighted by Crippen LogP contribution is 2.23. The van der Waals surface area contributed by atoms with Crippen molar-refractivity contribution in [3.63, 3.8) is 0 Å². The zero-order chi connectivity index (χ0) is 19.5. The molecule has 4 rings (SSSR count). The van der Waals surface area contributed by atoms with E-state index in [2.05, 4.69) is 25.6 Å². The number of carbonyl (C=O) groups excluding carboxylic acids is 1. The van der Waals surface area contributed by atoms with Crippen molar-refractivity contribution in [3.05, 3.63) is 83.3 Å². The molecule has 138 valence electrons. The van der Waals surface area contributed by atoms with E-state index < -0.39 is 0 Å². The lowest BCUT2D eigenvalue weighted by atomic mass is 10.2. The van der Waals surface area contributed by atoms with E-state index >= 15 is 0 Å². The van der Waals surface area contributed by atoms with Crippen molar-refractivity contribution in [1.82, 2.24) is 15.0 Å². The first-order valence-corrected chi connectivity index (χ1v) is 8.99. The molecule has 2 heterocycles. The predicted molar refractivity (Wildman–Crippen MR) is 111 cm³/mol. The van der Waals surface area contributed by atoms with Crippen LogP contribution in [0.25, 0.3) is 10.9 Å². The highest BCUT2D eigenvalue weighted by Gasteiger charge is 2.11. The number of hydrogen-bond acceptors (Lipinski definition) is 5. The quantitative estimate of drug-likeness (QED) is 0.514. The van der Waals surface area contributed by atoms with Gasteiger partial charge in [0.2, 0.25) is 5.95 Å². The average molecular weight is 390 g/mol. The Morgan fingerprint density at radius 2 is 1.86 bits per heavy atom. The number of benzene rings is 2. The Morgan fingerprint density at radius 3 is 2.71 bits per heavy atom. The van der Waals surface area contributed by atoms with Crippen molar-refractivity contribution in [2.75, 3.05) is 10.6 Å². The number of amides is 1. The van der Waals surface area contributed by atoms with Gasteiger partial charge in [-0.1, -0.05) is 35.9 Å². The lowest BCUT2D eigenvalue weighted by molar-refractivity contribution is 0.102. The molecular formula is C21H16ClN5O. The number of nitrogens with zero attached hydrogens (tertiary/aromatic N) is 3. The maximum Gasteiger partial charge on any atom is 0.274 e. The summed E-state index contributed by atoms with van der Waals surface area (Å²) in [5.41, 5.74) is 3.35. The van der Waals surface area contributed by atoms with Crippen LogP contribution in [-0.2, 0) is 0 Å². The molecule has 2 aromatic heterocycles. The molecule has 0 spiro atoms. The van der Waals surface area contributed by atoms with Gasteiger partial charge in [0.15, 0.2) is 0 Å². The second kappa shape index (κ2) is 7.62. The van der Waals surface area contributed by atoms with Gasteiger partial charge < -0.3 is 10.6 Å². The monoisotopic (exact) mass is 389 g/mol. The molecule has 0 radical (unpaired) electrons. The average Bonchev–Trinajstić information content (AvgIpc) is 2.71. The largest absolute Gasteiger partial charge is 0.322 e. The highest BCUT2D eigenvalue weighted by atomic mass is 35.5. The molecular weight excluding hydrogens is 374 g/mol. The molecule has 0 saturated carbocycles. The Bertz CT molecular complexity index is 1170. The van der Waals surface area contributed by atoms with Gasteiger partial charge in [0.25, 0.3) is 5.91 Å². The van der Waals surface area contributed by atoms with E-state index in [1.54, 1.807) is 24.4 Å². The van der Waals surface area contributed by atoms with Crippen LogP contribution in [0.1, 0.15) is 16.1 Å². The van der Waals surface area contributed by atoms with Gasteiger partial charge in [-0.05, 0) is 42.8 Å². The van der Waals surface area contributed by atoms with Crippen molar-refractivity contribution in [1.29, 1.82) is 0 Å². The molecule has 28 heavy (non-hydrogen) atoms. The van der Waals surface area contributed by atoms with Gasteiger partial charge in [0, 0.05) is 28.5 Å². The number of rotatable bonds is 4. The fourth-order valence-electron chi connectivity index (χ4n) is 2.74. The molecule has 0 saturated heterocycles. The van der Waals surface area contributed by atoms with Crippen LogP contribution in [0.2, 0.25) is 5.02 Å². The van der Waals surface area contributed by atoms with Crippen molar-refractivity contribution < 1.29 is 4.79 Å².